The topological polar surface area (TPSA) is 86.8 Å². The Kier molecular flexibility index (Phi) is 9.16. The summed E-state index contributed by atoms with van der Waals surface area (Å²) in [5, 5.41) is 2.99. The van der Waals surface area contributed by atoms with E-state index in [2.05, 4.69) is 21.2 Å². The number of nitrogens with one attached hydrogen (secondary N) is 1. The molecule has 0 spiro atoms. The molecule has 1 N–H and O–H groups in total. The van der Waals surface area contributed by atoms with Crippen molar-refractivity contribution >= 4 is 55.1 Å². The van der Waals surface area contributed by atoms with Crippen molar-refractivity contribution in [2.45, 2.75) is 31.3 Å². The molecule has 0 fully saturated rings. The fourth-order valence-corrected chi connectivity index (χ4v) is 5.45. The number of nitrogens with zero attached hydrogens (tertiary/aromatic N) is 2. The molecule has 2 amide bonds. The number of benzene rings is 3. The van der Waals surface area contributed by atoms with Crippen molar-refractivity contribution < 1.29 is 18.0 Å². The number of aryl methyl sites for hydroxylation is 1. The number of anilines is 1. The summed E-state index contributed by atoms with van der Waals surface area (Å²) in [6.45, 7) is 2.97. The predicted octanol–water partition coefficient (Wildman–Crippen LogP) is 4.77. The van der Waals surface area contributed by atoms with Crippen LogP contribution in [0.3, 0.4) is 0 Å². The van der Waals surface area contributed by atoms with Gasteiger partial charge in [0.15, 0.2) is 0 Å². The highest BCUT2D eigenvalue weighted by molar-refractivity contribution is 9.10. The predicted molar refractivity (Wildman–Crippen MR) is 145 cm³/mol. The van der Waals surface area contributed by atoms with Gasteiger partial charge < -0.3 is 10.2 Å². The molecule has 0 aliphatic rings. The van der Waals surface area contributed by atoms with Crippen LogP contribution in [0.1, 0.15) is 18.1 Å². The zero-order valence-electron chi connectivity index (χ0n) is 20.1. The maximum atomic E-state index is 13.7. The summed E-state index contributed by atoms with van der Waals surface area (Å²) < 4.78 is 29.2. The van der Waals surface area contributed by atoms with Crippen LogP contribution >= 0.6 is 27.5 Å². The lowest BCUT2D eigenvalue weighted by atomic mass is 10.1. The SMILES string of the molecule is CNC(=O)[C@H](C)N(Cc1ccccc1Cl)C(=O)CN(c1ccc(Br)cc1)S(=O)(=O)c1ccc(C)cc1. The zero-order chi connectivity index (χ0) is 26.5. The van der Waals surface area contributed by atoms with E-state index in [0.717, 1.165) is 14.3 Å². The molecule has 0 saturated carbocycles. The second kappa shape index (κ2) is 11.9. The monoisotopic (exact) mass is 591 g/mol. The third-order valence-corrected chi connectivity index (χ3v) is 8.40. The van der Waals surface area contributed by atoms with E-state index in [0.29, 0.717) is 16.3 Å². The lowest BCUT2D eigenvalue weighted by Gasteiger charge is -2.32. The molecule has 10 heteroatoms. The maximum absolute atomic E-state index is 13.7. The van der Waals surface area contributed by atoms with E-state index >= 15 is 0 Å². The summed E-state index contributed by atoms with van der Waals surface area (Å²) in [6, 6.07) is 19.2. The largest absolute Gasteiger partial charge is 0.357 e. The van der Waals surface area contributed by atoms with Gasteiger partial charge in [0.2, 0.25) is 11.8 Å². The summed E-state index contributed by atoms with van der Waals surface area (Å²) in [5.74, 6) is -0.934. The van der Waals surface area contributed by atoms with Crippen molar-refractivity contribution in [3.63, 3.8) is 0 Å². The van der Waals surface area contributed by atoms with Gasteiger partial charge in [-0.15, -0.1) is 0 Å². The third-order valence-electron chi connectivity index (χ3n) is 5.71. The van der Waals surface area contributed by atoms with E-state index < -0.39 is 28.5 Å². The highest BCUT2D eigenvalue weighted by atomic mass is 79.9. The van der Waals surface area contributed by atoms with Crippen LogP contribution in [-0.2, 0) is 26.2 Å². The average Bonchev–Trinajstić information content (AvgIpc) is 2.86. The molecule has 0 unspecified atom stereocenters. The van der Waals surface area contributed by atoms with Crippen LogP contribution in [0.4, 0.5) is 5.69 Å². The van der Waals surface area contributed by atoms with Crippen LogP contribution in [0.25, 0.3) is 0 Å². The molecule has 0 bridgehead atoms. The van der Waals surface area contributed by atoms with Crippen LogP contribution in [0.15, 0.2) is 82.2 Å². The Balaban J connectivity index is 2.03. The van der Waals surface area contributed by atoms with Crippen LogP contribution in [0.2, 0.25) is 5.02 Å². The number of carbonyl (C=O) groups excluding carboxylic acids is 2. The van der Waals surface area contributed by atoms with Crippen molar-refractivity contribution in [2.75, 3.05) is 17.9 Å². The first-order valence-electron chi connectivity index (χ1n) is 11.1. The van der Waals surface area contributed by atoms with Crippen LogP contribution in [0, 0.1) is 6.92 Å². The minimum atomic E-state index is -4.10. The molecule has 0 heterocycles. The summed E-state index contributed by atoms with van der Waals surface area (Å²) in [6.07, 6.45) is 0. The molecular weight excluding hydrogens is 566 g/mol. The molecule has 3 aromatic carbocycles. The molecule has 36 heavy (non-hydrogen) atoms. The first kappa shape index (κ1) is 27.7. The molecule has 0 saturated heterocycles. The lowest BCUT2D eigenvalue weighted by molar-refractivity contribution is -0.139. The average molecular weight is 593 g/mol. The molecule has 3 aromatic rings. The van der Waals surface area contributed by atoms with Gasteiger partial charge in [0, 0.05) is 23.1 Å². The second-order valence-corrected chi connectivity index (χ2v) is 11.4. The van der Waals surface area contributed by atoms with E-state index in [1.807, 2.05) is 6.92 Å². The Bertz CT molecular complexity index is 1330. The first-order chi connectivity index (χ1) is 17.0. The van der Waals surface area contributed by atoms with Crippen molar-refractivity contribution in [1.82, 2.24) is 10.2 Å². The standard InChI is InChI=1S/C26H27BrClN3O4S/c1-18-8-14-23(15-9-18)36(34,35)31(22-12-10-21(27)11-13-22)17-25(32)30(19(2)26(33)29-3)16-20-6-4-5-7-24(20)28/h4-15,19H,16-17H2,1-3H3,(H,29,33)/t19-/m0/s1. The quantitative estimate of drug-likeness (QED) is 0.388. The number of hydrogen-bond donors (Lipinski definition) is 1. The summed E-state index contributed by atoms with van der Waals surface area (Å²) in [5.41, 5.74) is 1.86. The van der Waals surface area contributed by atoms with Gasteiger partial charge in [-0.2, -0.15) is 0 Å². The van der Waals surface area contributed by atoms with Gasteiger partial charge in [0.1, 0.15) is 12.6 Å². The fourth-order valence-electron chi connectivity index (χ4n) is 3.58. The highest BCUT2D eigenvalue weighted by Gasteiger charge is 2.32. The smallest absolute Gasteiger partial charge is 0.264 e. The molecular formula is C26H27BrClN3O4S. The summed E-state index contributed by atoms with van der Waals surface area (Å²) in [4.78, 5) is 27.6. The van der Waals surface area contributed by atoms with Crippen LogP contribution in [-0.4, -0.2) is 44.8 Å². The molecule has 0 radical (unpaired) electrons. The van der Waals surface area contributed by atoms with Gasteiger partial charge in [-0.25, -0.2) is 8.42 Å². The lowest BCUT2D eigenvalue weighted by Crippen LogP contribution is -2.50. The first-order valence-corrected chi connectivity index (χ1v) is 13.7. The van der Waals surface area contributed by atoms with Gasteiger partial charge >= 0.3 is 0 Å². The molecule has 3 rings (SSSR count). The Morgan fingerprint density at radius 1 is 1.00 bits per heavy atom. The molecule has 7 nitrogen and oxygen atoms in total. The Labute approximate surface area is 225 Å². The van der Waals surface area contributed by atoms with E-state index in [9.17, 15) is 18.0 Å². The molecule has 0 aliphatic carbocycles. The van der Waals surface area contributed by atoms with Crippen LogP contribution in [0.5, 0.6) is 0 Å². The van der Waals surface area contributed by atoms with Gasteiger partial charge in [-0.05, 0) is 61.9 Å². The number of likely N-dealkylation sites (N-methyl/N-ethyl adjacent to an activating group) is 1. The third kappa shape index (κ3) is 6.46. The minimum Gasteiger partial charge on any atom is -0.357 e. The Morgan fingerprint density at radius 3 is 2.19 bits per heavy atom. The highest BCUT2D eigenvalue weighted by Crippen LogP contribution is 2.27. The Morgan fingerprint density at radius 2 is 1.61 bits per heavy atom. The number of sulfonamides is 1. The van der Waals surface area contributed by atoms with E-state index in [-0.39, 0.29) is 17.3 Å². The minimum absolute atomic E-state index is 0.0336. The maximum Gasteiger partial charge on any atom is 0.264 e. The molecule has 0 aliphatic heterocycles. The van der Waals surface area contributed by atoms with Crippen molar-refractivity contribution in [3.05, 3.63) is 93.4 Å². The Hall–Kier alpha value is -2.88. The fraction of sp³-hybridized carbons (Fsp3) is 0.231. The number of hydrogen-bond acceptors (Lipinski definition) is 4. The summed E-state index contributed by atoms with van der Waals surface area (Å²) in [7, 11) is -2.62. The van der Waals surface area contributed by atoms with Crippen molar-refractivity contribution in [3.8, 4) is 0 Å². The van der Waals surface area contributed by atoms with Crippen molar-refractivity contribution in [2.24, 2.45) is 0 Å². The molecule has 190 valence electrons. The van der Waals surface area contributed by atoms with Gasteiger partial charge in [0.25, 0.3) is 10.0 Å². The number of carbonyl (C=O) groups is 2. The van der Waals surface area contributed by atoms with Gasteiger partial charge in [-0.1, -0.05) is 63.4 Å². The van der Waals surface area contributed by atoms with Gasteiger partial charge in [0.05, 0.1) is 10.6 Å². The van der Waals surface area contributed by atoms with Crippen LogP contribution < -0.4 is 9.62 Å². The van der Waals surface area contributed by atoms with E-state index in [1.165, 1.54) is 24.1 Å². The molecule has 1 atom stereocenters. The number of halogens is 2. The van der Waals surface area contributed by atoms with E-state index in [4.69, 9.17) is 11.6 Å². The zero-order valence-corrected chi connectivity index (χ0v) is 23.3. The van der Waals surface area contributed by atoms with E-state index in [1.54, 1.807) is 67.6 Å². The normalized spacial score (nSPS) is 12.0. The van der Waals surface area contributed by atoms with Gasteiger partial charge in [-0.3, -0.25) is 13.9 Å². The number of amides is 2. The number of rotatable bonds is 9. The second-order valence-electron chi connectivity index (χ2n) is 8.20. The summed E-state index contributed by atoms with van der Waals surface area (Å²) >= 11 is 9.68. The van der Waals surface area contributed by atoms with Crippen molar-refractivity contribution in [1.29, 1.82) is 0 Å². The molecule has 0 aromatic heterocycles.